The molecule has 1 aliphatic carbocycles. The van der Waals surface area contributed by atoms with Crippen LogP contribution >= 0.6 is 11.6 Å². The Bertz CT molecular complexity index is 1120. The van der Waals surface area contributed by atoms with Crippen LogP contribution in [0.1, 0.15) is 28.2 Å². The molecule has 0 spiro atoms. The largest absolute Gasteiger partial charge is 0.449 e. The van der Waals surface area contributed by atoms with Gasteiger partial charge in [-0.15, -0.1) is 0 Å². The number of nitrogens with one attached hydrogen (secondary N) is 1. The second-order valence-corrected chi connectivity index (χ2v) is 7.43. The minimum absolute atomic E-state index is 0.0366. The minimum Gasteiger partial charge on any atom is -0.449 e. The molecule has 5 heteroatoms. The second kappa shape index (κ2) is 8.86. The molecule has 0 radical (unpaired) electrons. The second-order valence-electron chi connectivity index (χ2n) is 6.99. The number of rotatable bonds is 5. The van der Waals surface area contributed by atoms with Crippen LogP contribution in [0.4, 0.5) is 4.79 Å². The number of carbonyl (C=O) groups is 1. The summed E-state index contributed by atoms with van der Waals surface area (Å²) < 4.78 is 5.50. The van der Waals surface area contributed by atoms with E-state index < -0.39 is 6.09 Å². The lowest BCUT2D eigenvalue weighted by Gasteiger charge is -2.14. The molecule has 0 heterocycles. The van der Waals surface area contributed by atoms with Gasteiger partial charge in [0.25, 0.3) is 0 Å². The summed E-state index contributed by atoms with van der Waals surface area (Å²) in [6, 6.07) is 23.6. The van der Waals surface area contributed by atoms with Crippen LogP contribution in [0.2, 0.25) is 5.02 Å². The van der Waals surface area contributed by atoms with Gasteiger partial charge in [-0.25, -0.2) is 4.79 Å². The van der Waals surface area contributed by atoms with Gasteiger partial charge in [-0.2, -0.15) is 5.26 Å². The fourth-order valence-corrected chi connectivity index (χ4v) is 4.00. The fourth-order valence-electron chi connectivity index (χ4n) is 3.76. The van der Waals surface area contributed by atoms with Gasteiger partial charge in [0.2, 0.25) is 0 Å². The van der Waals surface area contributed by atoms with Crippen LogP contribution in [0.25, 0.3) is 17.2 Å². The van der Waals surface area contributed by atoms with Crippen LogP contribution in [0.15, 0.2) is 72.8 Å². The molecule has 1 N–H and O–H groups in total. The van der Waals surface area contributed by atoms with Crippen LogP contribution in [-0.4, -0.2) is 19.2 Å². The molecule has 1 aliphatic rings. The van der Waals surface area contributed by atoms with Crippen LogP contribution in [-0.2, 0) is 4.74 Å². The van der Waals surface area contributed by atoms with Crippen molar-refractivity contribution in [2.45, 2.75) is 5.92 Å². The average molecular weight is 415 g/mol. The number of fused-ring (bicyclic) bond motifs is 3. The highest BCUT2D eigenvalue weighted by atomic mass is 35.5. The van der Waals surface area contributed by atoms with Crippen LogP contribution in [0.5, 0.6) is 0 Å². The lowest BCUT2D eigenvalue weighted by Crippen LogP contribution is -2.26. The van der Waals surface area contributed by atoms with Crippen molar-refractivity contribution in [1.29, 1.82) is 5.26 Å². The van der Waals surface area contributed by atoms with Crippen LogP contribution < -0.4 is 5.32 Å². The molecular weight excluding hydrogens is 396 g/mol. The van der Waals surface area contributed by atoms with E-state index in [9.17, 15) is 4.79 Å². The maximum atomic E-state index is 12.2. The van der Waals surface area contributed by atoms with Gasteiger partial charge in [-0.05, 0) is 46.0 Å². The summed E-state index contributed by atoms with van der Waals surface area (Å²) in [5.41, 5.74) is 6.05. The zero-order valence-corrected chi connectivity index (χ0v) is 16.9. The van der Waals surface area contributed by atoms with Gasteiger partial charge in [0.05, 0.1) is 11.6 Å². The van der Waals surface area contributed by atoms with Crippen molar-refractivity contribution in [1.82, 2.24) is 5.32 Å². The van der Waals surface area contributed by atoms with Gasteiger partial charge in [-0.3, -0.25) is 0 Å². The molecule has 3 aromatic carbocycles. The van der Waals surface area contributed by atoms with Crippen LogP contribution in [0.3, 0.4) is 0 Å². The van der Waals surface area contributed by atoms with Crippen LogP contribution in [0, 0.1) is 11.3 Å². The Morgan fingerprint density at radius 3 is 2.40 bits per heavy atom. The van der Waals surface area contributed by atoms with Crippen molar-refractivity contribution < 1.29 is 9.53 Å². The third kappa shape index (κ3) is 4.22. The molecule has 4 nitrogen and oxygen atoms in total. The summed E-state index contributed by atoms with van der Waals surface area (Å²) in [5.74, 6) is 0.0366. The van der Waals surface area contributed by atoms with Gasteiger partial charge in [0, 0.05) is 17.5 Å². The summed E-state index contributed by atoms with van der Waals surface area (Å²) in [6.07, 6.45) is 3.12. The molecule has 0 aromatic heterocycles. The number of alkyl carbamates (subject to hydrolysis) is 1. The van der Waals surface area contributed by atoms with Gasteiger partial charge in [-0.1, -0.05) is 72.3 Å². The molecule has 1 amide bonds. The molecule has 148 valence electrons. The molecule has 0 saturated heterocycles. The number of halogens is 1. The van der Waals surface area contributed by atoms with E-state index in [1.54, 1.807) is 30.4 Å². The summed E-state index contributed by atoms with van der Waals surface area (Å²) in [7, 11) is 0. The maximum Gasteiger partial charge on any atom is 0.407 e. The molecule has 30 heavy (non-hydrogen) atoms. The number of ether oxygens (including phenoxy) is 1. The molecular formula is C25H19ClN2O2. The van der Waals surface area contributed by atoms with E-state index in [0.717, 1.165) is 5.56 Å². The predicted molar refractivity (Wildman–Crippen MR) is 118 cm³/mol. The Kier molecular flexibility index (Phi) is 5.83. The smallest absolute Gasteiger partial charge is 0.407 e. The maximum absolute atomic E-state index is 12.2. The minimum atomic E-state index is -0.467. The lowest BCUT2D eigenvalue weighted by atomic mass is 9.98. The topological polar surface area (TPSA) is 62.1 Å². The summed E-state index contributed by atoms with van der Waals surface area (Å²) in [6.45, 7) is 0.592. The van der Waals surface area contributed by atoms with Crippen molar-refractivity contribution in [3.05, 3.63) is 100 Å². The number of benzene rings is 3. The first kappa shape index (κ1) is 19.8. The van der Waals surface area contributed by atoms with E-state index in [1.807, 2.05) is 24.3 Å². The van der Waals surface area contributed by atoms with Gasteiger partial charge >= 0.3 is 6.09 Å². The van der Waals surface area contributed by atoms with E-state index in [4.69, 9.17) is 21.6 Å². The SMILES string of the molecule is N#Cc1cc(Cl)cc(C=CCNC(=O)OCC2c3ccccc3-c3ccccc32)c1. The fraction of sp³-hybridized carbons (Fsp3) is 0.120. The van der Waals surface area contributed by atoms with Crippen molar-refractivity contribution >= 4 is 23.8 Å². The zero-order valence-electron chi connectivity index (χ0n) is 16.1. The predicted octanol–water partition coefficient (Wildman–Crippen LogP) is 5.76. The standard InChI is InChI=1S/C25H19ClN2O2/c26-19-13-17(12-18(14-19)15-27)6-5-11-28-25(29)30-16-24-22-9-3-1-7-20(22)21-8-2-4-10-23(21)24/h1-10,12-14,24H,11,16H2,(H,28,29). The van der Waals surface area contributed by atoms with E-state index in [1.165, 1.54) is 22.3 Å². The Hall–Kier alpha value is -3.55. The summed E-state index contributed by atoms with van der Waals surface area (Å²) >= 11 is 5.99. The number of hydrogen-bond donors (Lipinski definition) is 1. The summed E-state index contributed by atoms with van der Waals surface area (Å²) in [4.78, 5) is 12.2. The average Bonchev–Trinajstić information content (AvgIpc) is 3.09. The highest BCUT2D eigenvalue weighted by molar-refractivity contribution is 6.30. The van der Waals surface area contributed by atoms with Gasteiger partial charge in [0.15, 0.2) is 0 Å². The van der Waals surface area contributed by atoms with E-state index in [0.29, 0.717) is 17.1 Å². The number of carbonyl (C=O) groups excluding carboxylic acids is 1. The number of amides is 1. The molecule has 0 bridgehead atoms. The normalized spacial score (nSPS) is 12.3. The van der Waals surface area contributed by atoms with E-state index in [-0.39, 0.29) is 12.5 Å². The van der Waals surface area contributed by atoms with Crippen molar-refractivity contribution in [3.8, 4) is 17.2 Å². The molecule has 0 saturated carbocycles. The Morgan fingerprint density at radius 2 is 1.73 bits per heavy atom. The molecule has 0 aliphatic heterocycles. The number of hydrogen-bond acceptors (Lipinski definition) is 3. The Labute approximate surface area is 180 Å². The first-order valence-corrected chi connectivity index (χ1v) is 9.99. The van der Waals surface area contributed by atoms with Crippen molar-refractivity contribution in [3.63, 3.8) is 0 Å². The zero-order chi connectivity index (χ0) is 20.9. The molecule has 3 aromatic rings. The highest BCUT2D eigenvalue weighted by Gasteiger charge is 2.28. The quantitative estimate of drug-likeness (QED) is 0.577. The highest BCUT2D eigenvalue weighted by Crippen LogP contribution is 2.44. The number of nitrogens with zero attached hydrogens (tertiary/aromatic N) is 1. The van der Waals surface area contributed by atoms with E-state index >= 15 is 0 Å². The Balaban J connectivity index is 1.34. The third-order valence-electron chi connectivity index (χ3n) is 5.07. The van der Waals surface area contributed by atoms with Crippen molar-refractivity contribution in [2.24, 2.45) is 0 Å². The lowest BCUT2D eigenvalue weighted by molar-refractivity contribution is 0.144. The van der Waals surface area contributed by atoms with Gasteiger partial charge < -0.3 is 10.1 Å². The van der Waals surface area contributed by atoms with Crippen molar-refractivity contribution in [2.75, 3.05) is 13.2 Å². The Morgan fingerprint density at radius 1 is 1.07 bits per heavy atom. The first-order valence-electron chi connectivity index (χ1n) is 9.62. The number of nitriles is 1. The monoisotopic (exact) mass is 414 g/mol. The molecule has 0 fully saturated rings. The van der Waals surface area contributed by atoms with E-state index in [2.05, 4.69) is 35.7 Å². The van der Waals surface area contributed by atoms with Gasteiger partial charge in [0.1, 0.15) is 6.61 Å². The molecule has 0 unspecified atom stereocenters. The molecule has 4 rings (SSSR count). The summed E-state index contributed by atoms with van der Waals surface area (Å²) in [5, 5.41) is 12.2. The first-order chi connectivity index (χ1) is 14.7. The third-order valence-corrected chi connectivity index (χ3v) is 5.29. The molecule has 0 atom stereocenters.